The highest BCUT2D eigenvalue weighted by molar-refractivity contribution is 5.84. The summed E-state index contributed by atoms with van der Waals surface area (Å²) in [7, 11) is 0. The maximum absolute atomic E-state index is 13.3. The Labute approximate surface area is 193 Å². The van der Waals surface area contributed by atoms with E-state index < -0.39 is 37.3 Å². The van der Waals surface area contributed by atoms with E-state index in [9.17, 15) is 25.2 Å². The molecule has 0 amide bonds. The normalized spacial score (nSPS) is 26.1. The molecule has 180 valence electrons. The lowest BCUT2D eigenvalue weighted by molar-refractivity contribution is -0.277. The molecule has 0 saturated carbocycles. The molecular weight excluding hydrogens is 448 g/mol. The summed E-state index contributed by atoms with van der Waals surface area (Å²) in [6.07, 6.45) is -5.23. The summed E-state index contributed by atoms with van der Waals surface area (Å²) >= 11 is 0. The average Bonchev–Trinajstić information content (AvgIpc) is 3.32. The molecule has 34 heavy (non-hydrogen) atoms. The summed E-state index contributed by atoms with van der Waals surface area (Å²) in [6, 6.07) is 8.37. The minimum Gasteiger partial charge on any atom is -0.463 e. The van der Waals surface area contributed by atoms with Crippen LogP contribution in [-0.2, 0) is 11.2 Å². The zero-order valence-electron chi connectivity index (χ0n) is 18.2. The molecule has 2 aliphatic heterocycles. The number of fused-ring (bicyclic) bond motifs is 2. The third-order valence-electron chi connectivity index (χ3n) is 6.11. The molecule has 0 radical (unpaired) electrons. The van der Waals surface area contributed by atoms with E-state index in [1.165, 1.54) is 12.3 Å². The van der Waals surface area contributed by atoms with Gasteiger partial charge in [0.15, 0.2) is 11.5 Å². The molecule has 2 aromatic carbocycles. The van der Waals surface area contributed by atoms with Crippen LogP contribution in [0.2, 0.25) is 0 Å². The first kappa shape index (κ1) is 22.6. The lowest BCUT2D eigenvalue weighted by Crippen LogP contribution is -2.60. The molecule has 0 bridgehead atoms. The Kier molecular flexibility index (Phi) is 5.92. The quantitative estimate of drug-likeness (QED) is 0.423. The van der Waals surface area contributed by atoms with Gasteiger partial charge in [-0.25, -0.2) is 0 Å². The van der Waals surface area contributed by atoms with Crippen LogP contribution in [-0.4, -0.2) is 64.5 Å². The third kappa shape index (κ3) is 3.79. The molecule has 3 heterocycles. The van der Waals surface area contributed by atoms with Crippen LogP contribution < -0.4 is 19.6 Å². The van der Waals surface area contributed by atoms with Gasteiger partial charge >= 0.3 is 0 Å². The highest BCUT2D eigenvalue weighted by Crippen LogP contribution is 2.36. The van der Waals surface area contributed by atoms with Gasteiger partial charge in [0.05, 0.1) is 17.6 Å². The van der Waals surface area contributed by atoms with E-state index in [1.54, 1.807) is 24.3 Å². The van der Waals surface area contributed by atoms with Crippen LogP contribution in [0.5, 0.6) is 17.2 Å². The lowest BCUT2D eigenvalue weighted by atomic mass is 9.99. The van der Waals surface area contributed by atoms with Gasteiger partial charge in [-0.15, -0.1) is 0 Å². The minimum absolute atomic E-state index is 0.127. The summed E-state index contributed by atoms with van der Waals surface area (Å²) in [5.41, 5.74) is 1.63. The first-order valence-corrected chi connectivity index (χ1v) is 10.9. The van der Waals surface area contributed by atoms with E-state index in [4.69, 9.17) is 23.4 Å². The fourth-order valence-electron chi connectivity index (χ4n) is 4.14. The van der Waals surface area contributed by atoms with Crippen molar-refractivity contribution in [3.8, 4) is 28.4 Å². The van der Waals surface area contributed by atoms with E-state index in [0.717, 1.165) is 0 Å². The predicted molar refractivity (Wildman–Crippen MR) is 118 cm³/mol. The molecule has 10 nitrogen and oxygen atoms in total. The fourth-order valence-corrected chi connectivity index (χ4v) is 4.14. The summed E-state index contributed by atoms with van der Waals surface area (Å²) in [5.74, 6) is 1.44. The van der Waals surface area contributed by atoms with Crippen molar-refractivity contribution in [2.75, 3.05) is 13.4 Å². The number of rotatable bonds is 5. The first-order chi connectivity index (χ1) is 16.4. The molecule has 5 rings (SSSR count). The van der Waals surface area contributed by atoms with Crippen LogP contribution in [0.4, 0.5) is 0 Å². The van der Waals surface area contributed by atoms with Crippen LogP contribution in [0.15, 0.2) is 45.8 Å². The Morgan fingerprint density at radius 3 is 2.59 bits per heavy atom. The van der Waals surface area contributed by atoms with Crippen LogP contribution in [0.3, 0.4) is 0 Å². The topological polar surface area (TPSA) is 148 Å². The van der Waals surface area contributed by atoms with Crippen LogP contribution >= 0.6 is 0 Å². The first-order valence-electron chi connectivity index (χ1n) is 10.9. The summed E-state index contributed by atoms with van der Waals surface area (Å²) in [6.45, 7) is 1.42. The zero-order valence-corrected chi connectivity index (χ0v) is 18.2. The molecule has 1 aromatic heterocycles. The Morgan fingerprint density at radius 1 is 1.03 bits per heavy atom. The van der Waals surface area contributed by atoms with Gasteiger partial charge in [0.2, 0.25) is 18.5 Å². The predicted octanol–water partition coefficient (Wildman–Crippen LogP) is 0.930. The lowest BCUT2D eigenvalue weighted by Gasteiger charge is -2.39. The molecule has 0 unspecified atom stereocenters. The van der Waals surface area contributed by atoms with Crippen molar-refractivity contribution < 1.29 is 43.8 Å². The largest absolute Gasteiger partial charge is 0.463 e. The minimum atomic E-state index is -1.57. The van der Waals surface area contributed by atoms with Gasteiger partial charge in [0.25, 0.3) is 0 Å². The SMILES string of the molecule is CCc1cc2c(=O)c(-c3ccc4c(c3)OCO4)coc2cc1O[C@@H]1O[C@@H](CO)[C@@H](O)[C@H](O)[C@H]1O. The van der Waals surface area contributed by atoms with Crippen LogP contribution in [0.1, 0.15) is 12.5 Å². The van der Waals surface area contributed by atoms with Crippen molar-refractivity contribution in [3.05, 3.63) is 52.4 Å². The number of ether oxygens (including phenoxy) is 4. The number of hydrogen-bond donors (Lipinski definition) is 4. The van der Waals surface area contributed by atoms with Crippen molar-refractivity contribution in [3.63, 3.8) is 0 Å². The Bertz CT molecular complexity index is 1270. The number of aliphatic hydroxyl groups excluding tert-OH is 4. The third-order valence-corrected chi connectivity index (χ3v) is 6.11. The second kappa shape index (κ2) is 8.90. The van der Waals surface area contributed by atoms with E-state index in [1.807, 2.05) is 6.92 Å². The second-order valence-corrected chi connectivity index (χ2v) is 8.17. The molecular formula is C24H24O10. The molecule has 2 aliphatic rings. The van der Waals surface area contributed by atoms with E-state index >= 15 is 0 Å². The Morgan fingerprint density at radius 2 is 1.82 bits per heavy atom. The molecule has 1 fully saturated rings. The monoisotopic (exact) mass is 472 g/mol. The molecule has 3 aromatic rings. The van der Waals surface area contributed by atoms with Gasteiger partial charge in [-0.3, -0.25) is 4.79 Å². The van der Waals surface area contributed by atoms with Gasteiger partial charge in [0.1, 0.15) is 42.0 Å². The number of hydrogen-bond acceptors (Lipinski definition) is 10. The van der Waals surface area contributed by atoms with Crippen LogP contribution in [0.25, 0.3) is 22.1 Å². The number of aliphatic hydroxyl groups is 4. The maximum Gasteiger partial charge on any atom is 0.231 e. The smallest absolute Gasteiger partial charge is 0.231 e. The number of aryl methyl sites for hydroxylation is 1. The van der Waals surface area contributed by atoms with Crippen molar-refractivity contribution >= 4 is 11.0 Å². The Hall–Kier alpha value is -3.15. The van der Waals surface area contributed by atoms with Crippen molar-refractivity contribution in [1.29, 1.82) is 0 Å². The van der Waals surface area contributed by atoms with Crippen LogP contribution in [0, 0.1) is 0 Å². The average molecular weight is 472 g/mol. The highest BCUT2D eigenvalue weighted by Gasteiger charge is 2.44. The van der Waals surface area contributed by atoms with Gasteiger partial charge in [0, 0.05) is 6.07 Å². The standard InChI is InChI=1S/C24H24O10/c1-2-11-5-13-17(7-16(11)33-24-23(29)22(28)21(27)19(8-25)34-24)30-9-14(20(13)26)12-3-4-15-18(6-12)32-10-31-15/h3-7,9,19,21-25,27-29H,2,8,10H2,1H3/t19-,21+,22-,23+,24+/m0/s1. The molecule has 4 N–H and O–H groups in total. The summed E-state index contributed by atoms with van der Waals surface area (Å²) in [4.78, 5) is 13.3. The molecule has 1 saturated heterocycles. The number of benzene rings is 2. The van der Waals surface area contributed by atoms with Gasteiger partial charge < -0.3 is 43.8 Å². The van der Waals surface area contributed by atoms with Gasteiger partial charge in [-0.05, 0) is 35.7 Å². The van der Waals surface area contributed by atoms with Gasteiger partial charge in [-0.1, -0.05) is 13.0 Å². The maximum atomic E-state index is 13.3. The van der Waals surface area contributed by atoms with Crippen molar-refractivity contribution in [2.24, 2.45) is 0 Å². The zero-order chi connectivity index (χ0) is 24.0. The molecule has 0 spiro atoms. The Balaban J connectivity index is 1.50. The summed E-state index contributed by atoms with van der Waals surface area (Å²) in [5, 5.41) is 40.0. The van der Waals surface area contributed by atoms with E-state index in [2.05, 4.69) is 0 Å². The highest BCUT2D eigenvalue weighted by atomic mass is 16.7. The van der Waals surface area contributed by atoms with E-state index in [0.29, 0.717) is 40.0 Å². The van der Waals surface area contributed by atoms with Crippen molar-refractivity contribution in [1.82, 2.24) is 0 Å². The fraction of sp³-hybridized carbons (Fsp3) is 0.375. The molecule has 0 aliphatic carbocycles. The summed E-state index contributed by atoms with van der Waals surface area (Å²) < 4.78 is 27.7. The molecule has 10 heteroatoms. The van der Waals surface area contributed by atoms with E-state index in [-0.39, 0.29) is 23.6 Å². The second-order valence-electron chi connectivity index (χ2n) is 8.17. The van der Waals surface area contributed by atoms with Crippen molar-refractivity contribution in [2.45, 2.75) is 44.1 Å². The van der Waals surface area contributed by atoms with Gasteiger partial charge in [-0.2, -0.15) is 0 Å². The molecule has 5 atom stereocenters.